The Bertz CT molecular complexity index is 224. The summed E-state index contributed by atoms with van der Waals surface area (Å²) in [6.07, 6.45) is -0.479. The van der Waals surface area contributed by atoms with Crippen molar-refractivity contribution in [1.29, 1.82) is 0 Å². The Morgan fingerprint density at radius 3 is 1.92 bits per heavy atom. The Balaban J connectivity index is 4.41. The highest BCUT2D eigenvalue weighted by atomic mass is 32.2. The lowest BCUT2D eigenvalue weighted by molar-refractivity contribution is 0.0327. The summed E-state index contributed by atoms with van der Waals surface area (Å²) in [5, 5.41) is 0. The molecule has 12 heavy (non-hydrogen) atoms. The summed E-state index contributed by atoms with van der Waals surface area (Å²) in [5.41, 5.74) is -0.287. The molecule has 0 aromatic rings. The molecule has 0 aliphatic heterocycles. The highest BCUT2D eigenvalue weighted by Crippen LogP contribution is 2.22. The van der Waals surface area contributed by atoms with Gasteiger partial charge in [-0.3, -0.25) is 4.55 Å². The van der Waals surface area contributed by atoms with Crippen molar-refractivity contribution in [2.45, 2.75) is 26.9 Å². The maximum absolute atomic E-state index is 10.5. The fourth-order valence-corrected chi connectivity index (χ4v) is 1.88. The van der Waals surface area contributed by atoms with Gasteiger partial charge in [0.2, 0.25) is 0 Å². The molecule has 1 unspecified atom stereocenters. The molecule has 0 aliphatic carbocycles. The van der Waals surface area contributed by atoms with Gasteiger partial charge >= 0.3 is 0 Å². The van der Waals surface area contributed by atoms with Crippen LogP contribution in [0.3, 0.4) is 0 Å². The van der Waals surface area contributed by atoms with Gasteiger partial charge in [0.25, 0.3) is 10.1 Å². The van der Waals surface area contributed by atoms with Crippen LogP contribution in [0.4, 0.5) is 0 Å². The molecule has 0 saturated heterocycles. The molecule has 0 bridgehead atoms. The fraction of sp³-hybridized carbons (Fsp3) is 1.00. The van der Waals surface area contributed by atoms with Gasteiger partial charge in [-0.1, -0.05) is 20.8 Å². The van der Waals surface area contributed by atoms with Crippen molar-refractivity contribution in [3.8, 4) is 0 Å². The van der Waals surface area contributed by atoms with Gasteiger partial charge in [-0.05, 0) is 5.41 Å². The third kappa shape index (κ3) is 4.69. The molecular formula is C7H16O4S. The first-order valence-electron chi connectivity index (χ1n) is 3.65. The first kappa shape index (κ1) is 11.9. The summed E-state index contributed by atoms with van der Waals surface area (Å²) >= 11 is 0. The van der Waals surface area contributed by atoms with Gasteiger partial charge in [-0.25, -0.2) is 0 Å². The first-order chi connectivity index (χ1) is 5.17. The van der Waals surface area contributed by atoms with E-state index in [9.17, 15) is 8.42 Å². The quantitative estimate of drug-likeness (QED) is 0.682. The van der Waals surface area contributed by atoms with E-state index in [1.165, 1.54) is 7.11 Å². The zero-order valence-electron chi connectivity index (χ0n) is 7.86. The van der Waals surface area contributed by atoms with Gasteiger partial charge in [0.15, 0.2) is 0 Å². The lowest BCUT2D eigenvalue weighted by atomic mass is 9.90. The summed E-state index contributed by atoms with van der Waals surface area (Å²) < 4.78 is 34.6. The Kier molecular flexibility index (Phi) is 3.68. The van der Waals surface area contributed by atoms with Crippen LogP contribution in [0.2, 0.25) is 0 Å². The number of methoxy groups -OCH3 is 1. The lowest BCUT2D eigenvalue weighted by Crippen LogP contribution is -2.34. The van der Waals surface area contributed by atoms with E-state index in [2.05, 4.69) is 0 Å². The minimum absolute atomic E-state index is 0.287. The van der Waals surface area contributed by atoms with Crippen LogP contribution >= 0.6 is 0 Å². The molecule has 0 radical (unpaired) electrons. The van der Waals surface area contributed by atoms with E-state index >= 15 is 0 Å². The normalized spacial score (nSPS) is 16.1. The van der Waals surface area contributed by atoms with Crippen LogP contribution in [0.1, 0.15) is 20.8 Å². The van der Waals surface area contributed by atoms with Gasteiger partial charge in [0.1, 0.15) is 5.75 Å². The molecule has 0 fully saturated rings. The van der Waals surface area contributed by atoms with Crippen molar-refractivity contribution in [3.63, 3.8) is 0 Å². The lowest BCUT2D eigenvalue weighted by Gasteiger charge is -2.27. The molecule has 0 spiro atoms. The number of hydrogen-bond acceptors (Lipinski definition) is 3. The zero-order valence-corrected chi connectivity index (χ0v) is 8.68. The third-order valence-electron chi connectivity index (χ3n) is 1.61. The van der Waals surface area contributed by atoms with E-state index in [1.807, 2.05) is 20.8 Å². The van der Waals surface area contributed by atoms with Gasteiger partial charge in [0.05, 0.1) is 6.10 Å². The maximum Gasteiger partial charge on any atom is 0.267 e. The van der Waals surface area contributed by atoms with Crippen LogP contribution in [0.5, 0.6) is 0 Å². The van der Waals surface area contributed by atoms with Crippen molar-refractivity contribution < 1.29 is 17.7 Å². The average molecular weight is 196 g/mol. The van der Waals surface area contributed by atoms with Crippen LogP contribution in [0, 0.1) is 5.41 Å². The SMILES string of the molecule is COC(CS(=O)(=O)O)C(C)(C)C. The molecule has 5 heteroatoms. The van der Waals surface area contributed by atoms with E-state index in [4.69, 9.17) is 9.29 Å². The van der Waals surface area contributed by atoms with Crippen LogP contribution in [-0.2, 0) is 14.9 Å². The minimum Gasteiger partial charge on any atom is -0.380 e. The van der Waals surface area contributed by atoms with Gasteiger partial charge in [-0.15, -0.1) is 0 Å². The predicted molar refractivity (Wildman–Crippen MR) is 46.7 cm³/mol. The molecule has 0 amide bonds. The number of rotatable bonds is 3. The molecule has 0 aromatic carbocycles. The highest BCUT2D eigenvalue weighted by Gasteiger charge is 2.28. The van der Waals surface area contributed by atoms with Crippen molar-refractivity contribution in [3.05, 3.63) is 0 Å². The number of ether oxygens (including phenoxy) is 1. The zero-order chi connectivity index (χ0) is 9.99. The minimum atomic E-state index is -3.94. The van der Waals surface area contributed by atoms with Gasteiger partial charge in [-0.2, -0.15) is 8.42 Å². The molecule has 4 nitrogen and oxygen atoms in total. The molecule has 1 atom stereocenters. The standard InChI is InChI=1S/C7H16O4S/c1-7(2,3)6(11-4)5-12(8,9)10/h6H,5H2,1-4H3,(H,8,9,10). The molecule has 0 rings (SSSR count). The topological polar surface area (TPSA) is 63.6 Å². The molecule has 0 heterocycles. The van der Waals surface area contributed by atoms with Crippen LogP contribution in [-0.4, -0.2) is 31.9 Å². The van der Waals surface area contributed by atoms with Gasteiger partial charge < -0.3 is 4.74 Å². The maximum atomic E-state index is 10.5. The van der Waals surface area contributed by atoms with Crippen molar-refractivity contribution in [2.24, 2.45) is 5.41 Å². The van der Waals surface area contributed by atoms with E-state index in [1.54, 1.807) is 0 Å². The Labute approximate surface area is 73.7 Å². The molecule has 1 N–H and O–H groups in total. The predicted octanol–water partition coefficient (Wildman–Crippen LogP) is 0.935. The summed E-state index contributed by atoms with van der Waals surface area (Å²) in [6, 6.07) is 0. The van der Waals surface area contributed by atoms with Crippen LogP contribution < -0.4 is 0 Å². The van der Waals surface area contributed by atoms with Crippen LogP contribution in [0.15, 0.2) is 0 Å². The Morgan fingerprint density at radius 2 is 1.83 bits per heavy atom. The summed E-state index contributed by atoms with van der Waals surface area (Å²) in [5.74, 6) is -0.354. The Morgan fingerprint density at radius 1 is 1.42 bits per heavy atom. The van der Waals surface area contributed by atoms with E-state index in [0.29, 0.717) is 0 Å². The second-order valence-corrected chi connectivity index (χ2v) is 5.34. The first-order valence-corrected chi connectivity index (χ1v) is 5.25. The van der Waals surface area contributed by atoms with Crippen LogP contribution in [0.25, 0.3) is 0 Å². The van der Waals surface area contributed by atoms with Crippen molar-refractivity contribution >= 4 is 10.1 Å². The van der Waals surface area contributed by atoms with E-state index in [-0.39, 0.29) is 11.2 Å². The highest BCUT2D eigenvalue weighted by molar-refractivity contribution is 7.85. The molecule has 74 valence electrons. The fourth-order valence-electron chi connectivity index (χ4n) is 0.863. The smallest absolute Gasteiger partial charge is 0.267 e. The summed E-state index contributed by atoms with van der Waals surface area (Å²) in [6.45, 7) is 5.56. The molecule has 0 saturated carbocycles. The second-order valence-electron chi connectivity index (χ2n) is 3.84. The van der Waals surface area contributed by atoms with Crippen molar-refractivity contribution in [1.82, 2.24) is 0 Å². The largest absolute Gasteiger partial charge is 0.380 e. The van der Waals surface area contributed by atoms with E-state index < -0.39 is 16.2 Å². The monoisotopic (exact) mass is 196 g/mol. The summed E-state index contributed by atoms with van der Waals surface area (Å²) in [4.78, 5) is 0. The van der Waals surface area contributed by atoms with Gasteiger partial charge in [0, 0.05) is 7.11 Å². The molecule has 0 aliphatic rings. The molecule has 0 aromatic heterocycles. The third-order valence-corrected chi connectivity index (χ3v) is 2.34. The van der Waals surface area contributed by atoms with Crippen molar-refractivity contribution in [2.75, 3.05) is 12.9 Å². The average Bonchev–Trinajstić information content (AvgIpc) is 1.78. The second kappa shape index (κ2) is 3.72. The number of hydrogen-bond donors (Lipinski definition) is 1. The summed E-state index contributed by atoms with van der Waals surface area (Å²) in [7, 11) is -2.51. The molecular weight excluding hydrogens is 180 g/mol. The Hall–Kier alpha value is -0.130. The van der Waals surface area contributed by atoms with E-state index in [0.717, 1.165) is 0 Å².